The third kappa shape index (κ3) is 4.93. The normalized spacial score (nSPS) is 11.0. The topological polar surface area (TPSA) is 70.6 Å². The van der Waals surface area contributed by atoms with Crippen LogP contribution in [0.3, 0.4) is 0 Å². The molecule has 0 aliphatic rings. The maximum absolute atomic E-state index is 12.0. The van der Waals surface area contributed by atoms with Crippen molar-refractivity contribution in [3.05, 3.63) is 64.7 Å². The Bertz CT molecular complexity index is 737. The molecule has 0 radical (unpaired) electrons. The van der Waals surface area contributed by atoms with Gasteiger partial charge in [-0.2, -0.15) is 5.10 Å². The zero-order chi connectivity index (χ0) is 16.8. The highest BCUT2D eigenvalue weighted by molar-refractivity contribution is 6.30. The van der Waals surface area contributed by atoms with Crippen molar-refractivity contribution in [1.29, 1.82) is 0 Å². The van der Waals surface area contributed by atoms with Crippen LogP contribution in [-0.4, -0.2) is 17.5 Å². The molecule has 0 aliphatic carbocycles. The molecule has 0 aliphatic heterocycles. The lowest BCUT2D eigenvalue weighted by Gasteiger charge is -2.05. The van der Waals surface area contributed by atoms with E-state index in [1.807, 2.05) is 12.1 Å². The van der Waals surface area contributed by atoms with E-state index in [9.17, 15) is 9.59 Å². The highest BCUT2D eigenvalue weighted by Crippen LogP contribution is 2.11. The zero-order valence-electron chi connectivity index (χ0n) is 12.8. The summed E-state index contributed by atoms with van der Waals surface area (Å²) < 4.78 is 0. The average Bonchev–Trinajstić information content (AvgIpc) is 2.53. The third-order valence-electron chi connectivity index (χ3n) is 3.05. The molecule has 2 aromatic carbocycles. The number of hydrazone groups is 1. The quantitative estimate of drug-likeness (QED) is 0.666. The fourth-order valence-corrected chi connectivity index (χ4v) is 1.99. The maximum atomic E-state index is 12.0. The average molecular weight is 330 g/mol. The first-order valence-corrected chi connectivity index (χ1v) is 7.32. The lowest BCUT2D eigenvalue weighted by Crippen LogP contribution is -2.19. The molecule has 0 spiro atoms. The first-order valence-electron chi connectivity index (χ1n) is 6.94. The van der Waals surface area contributed by atoms with Crippen molar-refractivity contribution in [1.82, 2.24) is 5.43 Å². The Morgan fingerprint density at radius 1 is 0.913 bits per heavy atom. The molecule has 0 atom stereocenters. The summed E-state index contributed by atoms with van der Waals surface area (Å²) in [5.41, 5.74) is 5.18. The number of halogens is 1. The van der Waals surface area contributed by atoms with E-state index in [1.54, 1.807) is 43.3 Å². The van der Waals surface area contributed by atoms with Crippen LogP contribution >= 0.6 is 11.6 Å². The number of carbonyl (C=O) groups excluding carboxylic acids is 2. The van der Waals surface area contributed by atoms with Gasteiger partial charge in [0.1, 0.15) is 0 Å². The lowest BCUT2D eigenvalue weighted by molar-refractivity contribution is -0.114. The summed E-state index contributed by atoms with van der Waals surface area (Å²) in [7, 11) is 0. The van der Waals surface area contributed by atoms with Crippen LogP contribution in [0.15, 0.2) is 53.6 Å². The van der Waals surface area contributed by atoms with E-state index in [0.29, 0.717) is 22.0 Å². The highest BCUT2D eigenvalue weighted by atomic mass is 35.5. The second-order valence-corrected chi connectivity index (χ2v) is 5.34. The van der Waals surface area contributed by atoms with E-state index in [1.165, 1.54) is 6.92 Å². The van der Waals surface area contributed by atoms with E-state index in [4.69, 9.17) is 11.6 Å². The number of hydrogen-bond donors (Lipinski definition) is 2. The van der Waals surface area contributed by atoms with E-state index in [-0.39, 0.29) is 11.8 Å². The van der Waals surface area contributed by atoms with E-state index in [0.717, 1.165) is 5.56 Å². The number of nitrogens with zero attached hydrogens (tertiary/aromatic N) is 1. The summed E-state index contributed by atoms with van der Waals surface area (Å²) >= 11 is 5.78. The van der Waals surface area contributed by atoms with Gasteiger partial charge < -0.3 is 5.32 Å². The smallest absolute Gasteiger partial charge is 0.271 e. The van der Waals surface area contributed by atoms with Crippen molar-refractivity contribution < 1.29 is 9.59 Å². The minimum Gasteiger partial charge on any atom is -0.326 e. The van der Waals surface area contributed by atoms with Crippen molar-refractivity contribution >= 4 is 34.8 Å². The predicted molar refractivity (Wildman–Crippen MR) is 91.9 cm³/mol. The highest BCUT2D eigenvalue weighted by Gasteiger charge is 2.05. The number of nitrogens with one attached hydrogen (secondary N) is 2. The van der Waals surface area contributed by atoms with E-state index >= 15 is 0 Å². The summed E-state index contributed by atoms with van der Waals surface area (Å²) in [5.74, 6) is -0.436. The molecule has 2 N–H and O–H groups in total. The van der Waals surface area contributed by atoms with Gasteiger partial charge in [-0.3, -0.25) is 9.59 Å². The van der Waals surface area contributed by atoms with Gasteiger partial charge in [-0.15, -0.1) is 0 Å². The minimum atomic E-state index is -0.309. The Morgan fingerprint density at radius 2 is 1.48 bits per heavy atom. The van der Waals surface area contributed by atoms with Gasteiger partial charge in [-0.1, -0.05) is 23.7 Å². The Hall–Kier alpha value is -2.66. The van der Waals surface area contributed by atoms with Gasteiger partial charge in [-0.25, -0.2) is 5.43 Å². The van der Waals surface area contributed by atoms with Gasteiger partial charge >= 0.3 is 0 Å². The fourth-order valence-electron chi connectivity index (χ4n) is 1.86. The van der Waals surface area contributed by atoms with Crippen molar-refractivity contribution in [2.75, 3.05) is 5.32 Å². The zero-order valence-corrected chi connectivity index (χ0v) is 13.5. The van der Waals surface area contributed by atoms with Crippen LogP contribution in [-0.2, 0) is 4.79 Å². The first kappa shape index (κ1) is 16.7. The minimum absolute atomic E-state index is 0.127. The summed E-state index contributed by atoms with van der Waals surface area (Å²) in [5, 5.41) is 7.34. The SMILES string of the molecule is CC(=O)Nc1ccc(/C(C)=N/NC(=O)c2ccc(Cl)cc2)cc1. The molecule has 0 aromatic heterocycles. The van der Waals surface area contributed by atoms with Crippen LogP contribution in [0.5, 0.6) is 0 Å². The number of rotatable bonds is 4. The third-order valence-corrected chi connectivity index (χ3v) is 3.31. The van der Waals surface area contributed by atoms with Crippen LogP contribution in [0.2, 0.25) is 5.02 Å². The molecular weight excluding hydrogens is 314 g/mol. The molecule has 0 saturated carbocycles. The lowest BCUT2D eigenvalue weighted by atomic mass is 10.1. The Kier molecular flexibility index (Phi) is 5.49. The Labute approximate surface area is 139 Å². The second-order valence-electron chi connectivity index (χ2n) is 4.90. The van der Waals surface area contributed by atoms with Crippen LogP contribution in [0, 0.1) is 0 Å². The van der Waals surface area contributed by atoms with Gasteiger partial charge in [0, 0.05) is 23.2 Å². The van der Waals surface area contributed by atoms with E-state index < -0.39 is 0 Å². The van der Waals surface area contributed by atoms with Crippen molar-refractivity contribution in [2.24, 2.45) is 5.10 Å². The van der Waals surface area contributed by atoms with Crippen molar-refractivity contribution in [2.45, 2.75) is 13.8 Å². The van der Waals surface area contributed by atoms with Crippen LogP contribution in [0.25, 0.3) is 0 Å². The number of amides is 2. The van der Waals surface area contributed by atoms with E-state index in [2.05, 4.69) is 15.8 Å². The Balaban J connectivity index is 2.03. The molecular formula is C17H16ClN3O2. The van der Waals surface area contributed by atoms with Gasteiger partial charge in [0.05, 0.1) is 5.71 Å². The number of carbonyl (C=O) groups is 2. The van der Waals surface area contributed by atoms with Crippen molar-refractivity contribution in [3.63, 3.8) is 0 Å². The molecule has 2 rings (SSSR count). The van der Waals surface area contributed by atoms with Crippen LogP contribution in [0.1, 0.15) is 29.8 Å². The standard InChI is InChI=1S/C17H16ClN3O2/c1-11(13-5-9-16(10-6-13)19-12(2)22)20-21-17(23)14-3-7-15(18)8-4-14/h3-10H,1-2H3,(H,19,22)(H,21,23)/b20-11+. The number of hydrogen-bond acceptors (Lipinski definition) is 3. The van der Waals surface area contributed by atoms with Gasteiger partial charge in [0.15, 0.2) is 0 Å². The second kappa shape index (κ2) is 7.56. The maximum Gasteiger partial charge on any atom is 0.271 e. The number of anilines is 1. The number of benzene rings is 2. The summed E-state index contributed by atoms with van der Waals surface area (Å²) in [4.78, 5) is 22.9. The predicted octanol–water partition coefficient (Wildman–Crippen LogP) is 3.45. The molecule has 0 fully saturated rings. The van der Waals surface area contributed by atoms with Crippen LogP contribution in [0.4, 0.5) is 5.69 Å². The monoisotopic (exact) mass is 329 g/mol. The molecule has 118 valence electrons. The molecule has 0 saturated heterocycles. The Morgan fingerprint density at radius 3 is 2.04 bits per heavy atom. The molecule has 23 heavy (non-hydrogen) atoms. The summed E-state index contributed by atoms with van der Waals surface area (Å²) in [6, 6.07) is 13.7. The molecule has 2 amide bonds. The molecule has 5 nitrogen and oxygen atoms in total. The van der Waals surface area contributed by atoms with Gasteiger partial charge in [0.25, 0.3) is 5.91 Å². The van der Waals surface area contributed by atoms with Gasteiger partial charge in [0.2, 0.25) is 5.91 Å². The fraction of sp³-hybridized carbons (Fsp3) is 0.118. The first-order chi connectivity index (χ1) is 11.0. The molecule has 0 bridgehead atoms. The summed E-state index contributed by atoms with van der Waals surface area (Å²) in [6.07, 6.45) is 0. The molecule has 0 unspecified atom stereocenters. The van der Waals surface area contributed by atoms with Crippen LogP contribution < -0.4 is 10.7 Å². The van der Waals surface area contributed by atoms with Gasteiger partial charge in [-0.05, 0) is 48.9 Å². The van der Waals surface area contributed by atoms with Crippen molar-refractivity contribution in [3.8, 4) is 0 Å². The molecule has 0 heterocycles. The summed E-state index contributed by atoms with van der Waals surface area (Å²) in [6.45, 7) is 3.24. The largest absolute Gasteiger partial charge is 0.326 e. The molecule has 2 aromatic rings. The molecule has 6 heteroatoms.